The number of hydrogen-bond donors (Lipinski definition) is 0. The van der Waals surface area contributed by atoms with Gasteiger partial charge in [0.25, 0.3) is 0 Å². The minimum absolute atomic E-state index is 0.424. The van der Waals surface area contributed by atoms with Crippen molar-refractivity contribution in [3.8, 4) is 22.6 Å². The van der Waals surface area contributed by atoms with Gasteiger partial charge in [-0.05, 0) is 62.1 Å². The average Bonchev–Trinajstić information content (AvgIpc) is 3.34. The zero-order valence-corrected chi connectivity index (χ0v) is 17.0. The fraction of sp³-hybridized carbons (Fsp3) is 0.375. The van der Waals surface area contributed by atoms with Crippen LogP contribution in [0.15, 0.2) is 47.0 Å². The topological polar surface area (TPSA) is 47.7 Å². The number of hydrogen-bond acceptors (Lipinski definition) is 5. The van der Waals surface area contributed by atoms with Gasteiger partial charge in [0.05, 0.1) is 5.69 Å². The maximum atomic E-state index is 5.79. The molecule has 0 amide bonds. The number of aryl methyl sites for hydroxylation is 2. The molecular weight excluding hydrogens is 364 g/mol. The van der Waals surface area contributed by atoms with Gasteiger partial charge < -0.3 is 14.0 Å². The molecule has 1 saturated heterocycles. The van der Waals surface area contributed by atoms with Crippen LogP contribution >= 0.6 is 0 Å². The summed E-state index contributed by atoms with van der Waals surface area (Å²) >= 11 is 0. The fourth-order valence-corrected chi connectivity index (χ4v) is 4.57. The molecule has 0 saturated carbocycles. The average molecular weight is 390 g/mol. The number of nitrogens with zero attached hydrogens (tertiary/aromatic N) is 2. The molecule has 3 heterocycles. The second kappa shape index (κ2) is 7.56. The van der Waals surface area contributed by atoms with Gasteiger partial charge in [-0.2, -0.15) is 0 Å². The van der Waals surface area contributed by atoms with Gasteiger partial charge in [-0.25, -0.2) is 0 Å². The van der Waals surface area contributed by atoms with Crippen molar-refractivity contribution in [3.63, 3.8) is 0 Å². The summed E-state index contributed by atoms with van der Waals surface area (Å²) in [5.74, 6) is 2.61. The lowest BCUT2D eigenvalue weighted by atomic mass is 10.0. The van der Waals surface area contributed by atoms with Crippen molar-refractivity contribution in [2.24, 2.45) is 0 Å². The number of rotatable bonds is 4. The van der Waals surface area contributed by atoms with E-state index in [0.29, 0.717) is 19.3 Å². The molecule has 2 aliphatic rings. The highest BCUT2D eigenvalue weighted by Crippen LogP contribution is 2.38. The number of ether oxygens (including phenoxy) is 2. The van der Waals surface area contributed by atoms with E-state index in [0.717, 1.165) is 47.2 Å². The molecule has 0 aliphatic carbocycles. The molecule has 5 rings (SSSR count). The first-order chi connectivity index (χ1) is 14.2. The molecule has 0 radical (unpaired) electrons. The molecule has 3 aromatic rings. The molecule has 0 unspecified atom stereocenters. The maximum Gasteiger partial charge on any atom is 0.161 e. The monoisotopic (exact) mass is 390 g/mol. The van der Waals surface area contributed by atoms with Crippen molar-refractivity contribution in [2.75, 3.05) is 19.8 Å². The minimum atomic E-state index is 0.424. The Morgan fingerprint density at radius 2 is 1.79 bits per heavy atom. The highest BCUT2D eigenvalue weighted by Gasteiger charge is 2.27. The smallest absolute Gasteiger partial charge is 0.161 e. The highest BCUT2D eigenvalue weighted by molar-refractivity contribution is 5.67. The van der Waals surface area contributed by atoms with Crippen molar-refractivity contribution in [3.05, 3.63) is 65.0 Å². The van der Waals surface area contributed by atoms with Gasteiger partial charge >= 0.3 is 0 Å². The van der Waals surface area contributed by atoms with E-state index in [9.17, 15) is 0 Å². The predicted molar refractivity (Wildman–Crippen MR) is 111 cm³/mol. The Balaban J connectivity index is 1.33. The lowest BCUT2D eigenvalue weighted by Crippen LogP contribution is -2.23. The Morgan fingerprint density at radius 1 is 1.00 bits per heavy atom. The van der Waals surface area contributed by atoms with Crippen LogP contribution in [-0.4, -0.2) is 29.8 Å². The lowest BCUT2D eigenvalue weighted by molar-refractivity contribution is 0.170. The molecule has 150 valence electrons. The van der Waals surface area contributed by atoms with E-state index in [1.165, 1.54) is 24.0 Å². The molecule has 0 bridgehead atoms. The molecule has 5 nitrogen and oxygen atoms in total. The van der Waals surface area contributed by atoms with Crippen LogP contribution in [0.25, 0.3) is 11.1 Å². The van der Waals surface area contributed by atoms with Crippen LogP contribution < -0.4 is 9.47 Å². The molecule has 29 heavy (non-hydrogen) atoms. The molecule has 5 heteroatoms. The van der Waals surface area contributed by atoms with E-state index in [1.807, 2.05) is 13.8 Å². The fourth-order valence-electron chi connectivity index (χ4n) is 4.57. The molecule has 1 fully saturated rings. The Bertz CT molecular complexity index is 990. The summed E-state index contributed by atoms with van der Waals surface area (Å²) in [5.41, 5.74) is 5.85. The second-order valence-corrected chi connectivity index (χ2v) is 7.93. The highest BCUT2D eigenvalue weighted by atomic mass is 16.6. The SMILES string of the molecule is Cc1noc(C)c1-c1ccc(CN2CCC[C@@H]2c2ccc3c(c2)OCCO3)cc1. The van der Waals surface area contributed by atoms with Crippen LogP contribution in [0.1, 0.15) is 41.5 Å². The largest absolute Gasteiger partial charge is 0.486 e. The number of fused-ring (bicyclic) bond motifs is 1. The van der Waals surface area contributed by atoms with E-state index >= 15 is 0 Å². The van der Waals surface area contributed by atoms with Crippen LogP contribution in [-0.2, 0) is 6.54 Å². The Labute approximate surface area is 171 Å². The van der Waals surface area contributed by atoms with E-state index in [-0.39, 0.29) is 0 Å². The summed E-state index contributed by atoms with van der Waals surface area (Å²) in [4.78, 5) is 2.57. The van der Waals surface area contributed by atoms with Crippen LogP contribution in [0.2, 0.25) is 0 Å². The summed E-state index contributed by atoms with van der Waals surface area (Å²) in [5, 5.41) is 4.07. The summed E-state index contributed by atoms with van der Waals surface area (Å²) < 4.78 is 16.8. The van der Waals surface area contributed by atoms with Gasteiger partial charge in [0.1, 0.15) is 19.0 Å². The lowest BCUT2D eigenvalue weighted by Gasteiger charge is -2.26. The quantitative estimate of drug-likeness (QED) is 0.623. The Kier molecular flexibility index (Phi) is 4.76. The number of likely N-dealkylation sites (tertiary alicyclic amines) is 1. The first-order valence-corrected chi connectivity index (χ1v) is 10.3. The van der Waals surface area contributed by atoms with E-state index in [4.69, 9.17) is 14.0 Å². The summed E-state index contributed by atoms with van der Waals surface area (Å²) in [6, 6.07) is 15.6. The Morgan fingerprint density at radius 3 is 2.55 bits per heavy atom. The van der Waals surface area contributed by atoms with Gasteiger partial charge in [-0.15, -0.1) is 0 Å². The van der Waals surface area contributed by atoms with Crippen molar-refractivity contribution < 1.29 is 14.0 Å². The third-order valence-corrected chi connectivity index (χ3v) is 5.98. The molecule has 1 aromatic heterocycles. The molecule has 2 aromatic carbocycles. The molecule has 2 aliphatic heterocycles. The van der Waals surface area contributed by atoms with Gasteiger partial charge in [0.2, 0.25) is 0 Å². The van der Waals surface area contributed by atoms with Crippen LogP contribution in [0.3, 0.4) is 0 Å². The van der Waals surface area contributed by atoms with E-state index in [1.54, 1.807) is 0 Å². The Hall–Kier alpha value is -2.79. The third-order valence-electron chi connectivity index (χ3n) is 5.98. The van der Waals surface area contributed by atoms with Crippen LogP contribution in [0, 0.1) is 13.8 Å². The minimum Gasteiger partial charge on any atom is -0.486 e. The predicted octanol–water partition coefficient (Wildman–Crippen LogP) is 5.07. The zero-order chi connectivity index (χ0) is 19.8. The van der Waals surface area contributed by atoms with Gasteiger partial charge in [0, 0.05) is 18.2 Å². The molecular formula is C24H26N2O3. The molecule has 0 spiro atoms. The van der Waals surface area contributed by atoms with Gasteiger partial charge in [-0.3, -0.25) is 4.90 Å². The zero-order valence-electron chi connectivity index (χ0n) is 17.0. The van der Waals surface area contributed by atoms with Crippen molar-refractivity contribution in [1.82, 2.24) is 10.1 Å². The molecule has 0 N–H and O–H groups in total. The van der Waals surface area contributed by atoms with Crippen LogP contribution in [0.5, 0.6) is 11.5 Å². The molecule has 1 atom stereocenters. The summed E-state index contributed by atoms with van der Waals surface area (Å²) in [6.07, 6.45) is 2.40. The first-order valence-electron chi connectivity index (χ1n) is 10.3. The second-order valence-electron chi connectivity index (χ2n) is 7.93. The maximum absolute atomic E-state index is 5.79. The third kappa shape index (κ3) is 3.51. The number of aromatic nitrogens is 1. The standard InChI is InChI=1S/C24H26N2O3/c1-16-24(17(2)29-25-16)19-7-5-18(6-8-19)15-26-11-3-4-21(26)20-9-10-22-23(14-20)28-13-12-27-22/h5-10,14,21H,3-4,11-13,15H2,1-2H3/t21-/m1/s1. The first kappa shape index (κ1) is 18.3. The normalized spacial score (nSPS) is 18.9. The van der Waals surface area contributed by atoms with Gasteiger partial charge in [0.15, 0.2) is 11.5 Å². The summed E-state index contributed by atoms with van der Waals surface area (Å²) in [7, 11) is 0. The summed E-state index contributed by atoms with van der Waals surface area (Å²) in [6.45, 7) is 7.27. The number of benzene rings is 2. The van der Waals surface area contributed by atoms with Crippen molar-refractivity contribution >= 4 is 0 Å². The van der Waals surface area contributed by atoms with E-state index in [2.05, 4.69) is 52.5 Å². The van der Waals surface area contributed by atoms with Gasteiger partial charge in [-0.1, -0.05) is 35.5 Å². The van der Waals surface area contributed by atoms with Crippen molar-refractivity contribution in [2.45, 2.75) is 39.3 Å². The van der Waals surface area contributed by atoms with E-state index < -0.39 is 0 Å². The van der Waals surface area contributed by atoms with Crippen LogP contribution in [0.4, 0.5) is 0 Å². The van der Waals surface area contributed by atoms with Crippen molar-refractivity contribution in [1.29, 1.82) is 0 Å².